The summed E-state index contributed by atoms with van der Waals surface area (Å²) < 4.78 is 0. The van der Waals surface area contributed by atoms with Gasteiger partial charge in [-0.1, -0.05) is 30.3 Å². The molecule has 1 aromatic carbocycles. The zero-order valence-electron chi connectivity index (χ0n) is 17.2. The van der Waals surface area contributed by atoms with Gasteiger partial charge in [0.2, 0.25) is 0 Å². The fraction of sp³-hybridized carbons (Fsp3) is 0.455. The molecule has 1 aliphatic rings. The van der Waals surface area contributed by atoms with Gasteiger partial charge in [-0.15, -0.1) is 0 Å². The quantitative estimate of drug-likeness (QED) is 0.638. The lowest BCUT2D eigenvalue weighted by molar-refractivity contribution is 0.0911. The molecule has 0 spiro atoms. The summed E-state index contributed by atoms with van der Waals surface area (Å²) in [4.78, 5) is 21.1. The van der Waals surface area contributed by atoms with Crippen molar-refractivity contribution in [2.24, 2.45) is 5.92 Å². The molecule has 29 heavy (non-hydrogen) atoms. The molecule has 2 aromatic rings. The molecule has 1 fully saturated rings. The van der Waals surface area contributed by atoms with E-state index in [1.807, 2.05) is 61.5 Å². The van der Waals surface area contributed by atoms with E-state index in [9.17, 15) is 9.90 Å². The largest absolute Gasteiger partial charge is 0.388 e. The topological polar surface area (TPSA) is 80.7 Å². The summed E-state index contributed by atoms with van der Waals surface area (Å²) in [5.74, 6) is 0.819. The molecular formula is C22H31N5O2. The van der Waals surface area contributed by atoms with Crippen LogP contribution in [0, 0.1) is 5.92 Å². The van der Waals surface area contributed by atoms with Gasteiger partial charge in [0.25, 0.3) is 0 Å². The first-order valence-electron chi connectivity index (χ1n) is 10.2. The Labute approximate surface area is 172 Å². The molecular weight excluding hydrogens is 366 g/mol. The van der Waals surface area contributed by atoms with Crippen LogP contribution in [0.5, 0.6) is 0 Å². The number of benzene rings is 1. The number of carbonyl (C=O) groups excluding carboxylic acids is 1. The smallest absolute Gasteiger partial charge is 0.319 e. The van der Waals surface area contributed by atoms with Gasteiger partial charge < -0.3 is 25.5 Å². The van der Waals surface area contributed by atoms with Gasteiger partial charge in [0.05, 0.1) is 18.0 Å². The van der Waals surface area contributed by atoms with Crippen molar-refractivity contribution in [1.29, 1.82) is 0 Å². The Kier molecular flexibility index (Phi) is 7.43. The van der Waals surface area contributed by atoms with E-state index in [2.05, 4.69) is 20.5 Å². The zero-order chi connectivity index (χ0) is 20.6. The molecule has 0 bridgehead atoms. The average molecular weight is 398 g/mol. The maximum Gasteiger partial charge on any atom is 0.319 e. The number of nitrogens with zero attached hydrogens (tertiary/aromatic N) is 3. The molecule has 3 N–H and O–H groups in total. The number of anilines is 2. The molecule has 3 rings (SSSR count). The molecule has 0 aliphatic carbocycles. The highest BCUT2D eigenvalue weighted by Crippen LogP contribution is 2.22. The lowest BCUT2D eigenvalue weighted by atomic mass is 9.95. The normalized spacial score (nSPS) is 15.9. The van der Waals surface area contributed by atoms with Crippen LogP contribution >= 0.6 is 0 Å². The van der Waals surface area contributed by atoms with Crippen molar-refractivity contribution in [2.45, 2.75) is 18.9 Å². The Balaban J connectivity index is 1.54. The number of pyridine rings is 1. The zero-order valence-corrected chi connectivity index (χ0v) is 17.2. The highest BCUT2D eigenvalue weighted by molar-refractivity contribution is 5.89. The van der Waals surface area contributed by atoms with Crippen molar-refractivity contribution in [3.8, 4) is 0 Å². The van der Waals surface area contributed by atoms with Crippen LogP contribution in [-0.4, -0.2) is 61.3 Å². The summed E-state index contributed by atoms with van der Waals surface area (Å²) in [6.07, 6.45) is 3.43. The molecule has 0 radical (unpaired) electrons. The molecule has 1 aromatic heterocycles. The third-order valence-corrected chi connectivity index (χ3v) is 5.15. The van der Waals surface area contributed by atoms with E-state index >= 15 is 0 Å². The number of nitrogens with one attached hydrogen (secondary N) is 2. The molecule has 7 heteroatoms. The molecule has 7 nitrogen and oxygen atoms in total. The van der Waals surface area contributed by atoms with Gasteiger partial charge >= 0.3 is 6.03 Å². The molecule has 2 amide bonds. The van der Waals surface area contributed by atoms with Gasteiger partial charge in [0.15, 0.2) is 0 Å². The molecule has 1 aliphatic heterocycles. The van der Waals surface area contributed by atoms with Crippen LogP contribution < -0.4 is 15.5 Å². The number of urea groups is 1. The van der Waals surface area contributed by atoms with Crippen LogP contribution in [0.25, 0.3) is 0 Å². The van der Waals surface area contributed by atoms with Crippen LogP contribution in [0.1, 0.15) is 24.5 Å². The summed E-state index contributed by atoms with van der Waals surface area (Å²) in [5.41, 5.74) is 1.50. The molecule has 2 heterocycles. The standard InChI is InChI=1S/C22H31N5O2/c1-26(2)16-18(21(28)17-8-4-3-5-9-17)14-24-22(29)25-19-10-11-20(23-15-19)27-12-6-7-13-27/h3-5,8-11,15,18,21,28H,6-7,12-14,16H2,1-2H3,(H2,24,25,29). The Bertz CT molecular complexity index is 761. The van der Waals surface area contributed by atoms with Crippen LogP contribution in [0.2, 0.25) is 0 Å². The van der Waals surface area contributed by atoms with Gasteiger partial charge in [-0.3, -0.25) is 0 Å². The molecule has 2 unspecified atom stereocenters. The molecule has 1 saturated heterocycles. The minimum Gasteiger partial charge on any atom is -0.388 e. The Morgan fingerprint density at radius 1 is 1.17 bits per heavy atom. The van der Waals surface area contributed by atoms with Crippen molar-refractivity contribution in [1.82, 2.24) is 15.2 Å². The number of carbonyl (C=O) groups is 1. The first kappa shape index (κ1) is 21.1. The van der Waals surface area contributed by atoms with E-state index in [4.69, 9.17) is 0 Å². The predicted octanol–water partition coefficient (Wildman–Crippen LogP) is 2.71. The maximum atomic E-state index is 12.3. The SMILES string of the molecule is CN(C)CC(CNC(=O)Nc1ccc(N2CCCC2)nc1)C(O)c1ccccc1. The van der Waals surface area contributed by atoms with Crippen molar-refractivity contribution >= 4 is 17.5 Å². The Morgan fingerprint density at radius 3 is 2.52 bits per heavy atom. The third kappa shape index (κ3) is 6.17. The van der Waals surface area contributed by atoms with Gasteiger partial charge in [0, 0.05) is 32.1 Å². The highest BCUT2D eigenvalue weighted by Gasteiger charge is 2.22. The Morgan fingerprint density at radius 2 is 1.90 bits per heavy atom. The summed E-state index contributed by atoms with van der Waals surface area (Å²) in [6, 6.07) is 13.1. The van der Waals surface area contributed by atoms with Crippen LogP contribution in [0.4, 0.5) is 16.3 Å². The van der Waals surface area contributed by atoms with Crippen LogP contribution in [0.3, 0.4) is 0 Å². The number of rotatable bonds is 8. The number of aliphatic hydroxyl groups is 1. The molecule has 0 saturated carbocycles. The lowest BCUT2D eigenvalue weighted by Crippen LogP contribution is -2.39. The van der Waals surface area contributed by atoms with E-state index in [0.29, 0.717) is 18.8 Å². The number of aliphatic hydroxyl groups excluding tert-OH is 1. The molecule has 156 valence electrons. The van der Waals surface area contributed by atoms with Gasteiger partial charge in [0.1, 0.15) is 5.82 Å². The maximum absolute atomic E-state index is 12.3. The second-order valence-electron chi connectivity index (χ2n) is 7.81. The minimum atomic E-state index is -0.652. The number of aromatic nitrogens is 1. The first-order valence-corrected chi connectivity index (χ1v) is 10.2. The van der Waals surface area contributed by atoms with Crippen LogP contribution in [-0.2, 0) is 0 Å². The number of amides is 2. The van der Waals surface area contributed by atoms with Gasteiger partial charge in [-0.05, 0) is 44.6 Å². The second kappa shape index (κ2) is 10.2. The summed E-state index contributed by atoms with van der Waals surface area (Å²) in [7, 11) is 3.91. The lowest BCUT2D eigenvalue weighted by Gasteiger charge is -2.26. The average Bonchev–Trinajstić information content (AvgIpc) is 3.26. The fourth-order valence-electron chi connectivity index (χ4n) is 3.66. The van der Waals surface area contributed by atoms with Crippen molar-refractivity contribution < 1.29 is 9.90 Å². The summed E-state index contributed by atoms with van der Waals surface area (Å²) >= 11 is 0. The highest BCUT2D eigenvalue weighted by atomic mass is 16.3. The van der Waals surface area contributed by atoms with E-state index in [1.54, 1.807) is 6.20 Å². The van der Waals surface area contributed by atoms with Gasteiger partial charge in [-0.25, -0.2) is 9.78 Å². The Hall–Kier alpha value is -2.64. The third-order valence-electron chi connectivity index (χ3n) is 5.15. The van der Waals surface area contributed by atoms with E-state index in [0.717, 1.165) is 24.5 Å². The first-order chi connectivity index (χ1) is 14.0. The minimum absolute atomic E-state index is 0.131. The number of hydrogen-bond acceptors (Lipinski definition) is 5. The summed E-state index contributed by atoms with van der Waals surface area (Å²) in [5, 5.41) is 16.5. The van der Waals surface area contributed by atoms with E-state index in [1.165, 1.54) is 12.8 Å². The monoisotopic (exact) mass is 397 g/mol. The van der Waals surface area contributed by atoms with Crippen LogP contribution in [0.15, 0.2) is 48.7 Å². The number of hydrogen-bond donors (Lipinski definition) is 3. The summed E-state index contributed by atoms with van der Waals surface area (Å²) in [6.45, 7) is 3.09. The van der Waals surface area contributed by atoms with Crippen molar-refractivity contribution in [3.63, 3.8) is 0 Å². The van der Waals surface area contributed by atoms with Crippen molar-refractivity contribution in [3.05, 3.63) is 54.2 Å². The second-order valence-corrected chi connectivity index (χ2v) is 7.81. The van der Waals surface area contributed by atoms with E-state index in [-0.39, 0.29) is 11.9 Å². The molecule has 2 atom stereocenters. The predicted molar refractivity (Wildman–Crippen MR) is 116 cm³/mol. The van der Waals surface area contributed by atoms with Gasteiger partial charge in [-0.2, -0.15) is 0 Å². The van der Waals surface area contributed by atoms with E-state index < -0.39 is 6.10 Å². The fourth-order valence-corrected chi connectivity index (χ4v) is 3.66. The van der Waals surface area contributed by atoms with Crippen molar-refractivity contribution in [2.75, 3.05) is 50.5 Å².